The van der Waals surface area contributed by atoms with Crippen LogP contribution >= 0.6 is 114 Å². The molecular weight excluding hydrogens is 760 g/mol. The number of nitrogen functional groups attached to an aromatic ring is 3. The van der Waals surface area contributed by atoms with E-state index in [2.05, 4.69) is 86.5 Å². The van der Waals surface area contributed by atoms with Crippen LogP contribution in [-0.4, -0.2) is 41.8 Å². The zero-order valence-corrected chi connectivity index (χ0v) is 24.4. The van der Waals surface area contributed by atoms with Gasteiger partial charge in [-0.15, -0.1) is 0 Å². The molecule has 0 atom stereocenters. The van der Waals surface area contributed by atoms with Crippen LogP contribution in [0.15, 0.2) is 38.3 Å². The molecule has 3 rings (SSSR count). The van der Waals surface area contributed by atoms with Gasteiger partial charge < -0.3 is 17.2 Å². The average molecular weight is 788 g/mol. The fourth-order valence-corrected chi connectivity index (χ4v) is 1.91. The second-order valence-corrected chi connectivity index (χ2v) is 9.22. The number of anilines is 3. The Kier molecular flexibility index (Phi) is 40.3. The number of nitrogens with two attached hydrogens (primary N) is 3. The van der Waals surface area contributed by atoms with E-state index in [0.717, 1.165) is 0 Å². The van der Waals surface area contributed by atoms with Crippen LogP contribution in [-0.2, 0) is 0 Å². The summed E-state index contributed by atoms with van der Waals surface area (Å²) in [5.41, 5.74) is 15.8. The van der Waals surface area contributed by atoms with Crippen LogP contribution in [0.1, 0.15) is 29.7 Å². The number of hydrogen-bond donors (Lipinski definition) is 4. The standard InChI is InChI=1S/2C4H3BrClN3.C4H4ClN3.CHCl3.4CH4.BHNS/c5-3-4(6)9-2(7)1-8-3;5-3-4(7)9-2(6)1-8-3;5-3-1-7-2-4(6)8-3;2-1(3)4;;;;;1-2-3/h2*1H,(H2,7,9);1-2H,(H2,6,8);1H;4*1H4;3H. The van der Waals surface area contributed by atoms with E-state index in [4.69, 9.17) is 86.8 Å². The fraction of sp³-hybridized carbons (Fsp3) is 0.294. The third kappa shape index (κ3) is 31.7. The molecule has 0 bridgehead atoms. The first-order chi connectivity index (χ1) is 15.3. The maximum atomic E-state index is 5.51. The molecule has 20 heteroatoms. The van der Waals surface area contributed by atoms with E-state index in [-0.39, 0.29) is 34.9 Å². The molecule has 3 aromatic rings. The molecule has 211 valence electrons. The van der Waals surface area contributed by atoms with E-state index in [9.17, 15) is 0 Å². The Morgan fingerprint density at radius 3 is 1.46 bits per heavy atom. The first kappa shape index (κ1) is 49.5. The van der Waals surface area contributed by atoms with Crippen LogP contribution in [0.4, 0.5) is 17.5 Å². The second-order valence-electron chi connectivity index (χ2n) is 4.37. The molecular formula is C17H28BBr2Cl6N10S. The van der Waals surface area contributed by atoms with Gasteiger partial charge in [0.2, 0.25) is 0 Å². The number of nitrogens with zero attached hydrogens (tertiary/aromatic N) is 7. The Morgan fingerprint density at radius 1 is 0.757 bits per heavy atom. The van der Waals surface area contributed by atoms with E-state index in [1.807, 2.05) is 0 Å². The number of halogens is 8. The summed E-state index contributed by atoms with van der Waals surface area (Å²) >= 11 is 40.1. The maximum absolute atomic E-state index is 5.51. The predicted molar refractivity (Wildman–Crippen MR) is 175 cm³/mol. The molecule has 0 aliphatic rings. The van der Waals surface area contributed by atoms with Crippen LogP contribution in [0.2, 0.25) is 15.5 Å². The Labute approximate surface area is 272 Å². The number of aromatic nitrogens is 6. The van der Waals surface area contributed by atoms with Crippen molar-refractivity contribution in [1.29, 1.82) is 0 Å². The van der Waals surface area contributed by atoms with Gasteiger partial charge in [-0.2, -0.15) is 0 Å². The summed E-state index contributed by atoms with van der Waals surface area (Å²) in [5, 5.41) is 0.913. The molecule has 6 N–H and O–H groups in total. The van der Waals surface area contributed by atoms with E-state index in [1.165, 1.54) is 24.8 Å². The normalized spacial score (nSPS) is 7.92. The molecule has 0 aliphatic carbocycles. The van der Waals surface area contributed by atoms with Crippen molar-refractivity contribution in [1.82, 2.24) is 29.9 Å². The molecule has 0 aliphatic heterocycles. The zero-order chi connectivity index (χ0) is 26.0. The number of thiol groups is 1. The van der Waals surface area contributed by atoms with Crippen molar-refractivity contribution in [2.24, 2.45) is 4.30 Å². The van der Waals surface area contributed by atoms with E-state index in [0.29, 0.717) is 37.0 Å². The summed E-state index contributed by atoms with van der Waals surface area (Å²) in [6.45, 7) is 0. The van der Waals surface area contributed by atoms with Crippen molar-refractivity contribution in [3.63, 3.8) is 0 Å². The third-order valence-corrected chi connectivity index (χ3v) is 4.10. The molecule has 0 unspecified atom stereocenters. The number of alkyl halides is 3. The fourth-order valence-electron chi connectivity index (χ4n) is 1.09. The second kappa shape index (κ2) is 30.1. The van der Waals surface area contributed by atoms with Gasteiger partial charge in [-0.25, -0.2) is 24.9 Å². The molecule has 0 saturated carbocycles. The van der Waals surface area contributed by atoms with Crippen LogP contribution in [0.3, 0.4) is 0 Å². The molecule has 0 fully saturated rings. The summed E-state index contributed by atoms with van der Waals surface area (Å²) in [6, 6.07) is 0. The minimum atomic E-state index is -0.750. The van der Waals surface area contributed by atoms with Gasteiger partial charge in [0.05, 0.1) is 24.8 Å². The van der Waals surface area contributed by atoms with Crippen LogP contribution in [0, 0.1) is 0 Å². The molecule has 1 radical (unpaired) electrons. The van der Waals surface area contributed by atoms with E-state index < -0.39 is 4.30 Å². The Balaban J connectivity index is -0.0000000828. The molecule has 3 aromatic heterocycles. The van der Waals surface area contributed by atoms with Crippen molar-refractivity contribution >= 4 is 139 Å². The monoisotopic (exact) mass is 783 g/mol. The molecule has 10 nitrogen and oxygen atoms in total. The van der Waals surface area contributed by atoms with E-state index >= 15 is 0 Å². The molecule has 0 spiro atoms. The van der Waals surface area contributed by atoms with Gasteiger partial charge in [-0.1, -0.05) is 99.3 Å². The predicted octanol–water partition coefficient (Wildman–Crippen LogP) is 8.38. The first-order valence-corrected chi connectivity index (χ1v) is 11.8. The van der Waals surface area contributed by atoms with Gasteiger partial charge in [-0.3, -0.25) is 4.98 Å². The average Bonchev–Trinajstić information content (AvgIpc) is 2.69. The van der Waals surface area contributed by atoms with Crippen molar-refractivity contribution < 1.29 is 0 Å². The summed E-state index contributed by atoms with van der Waals surface area (Å²) in [6.07, 6.45) is 5.71. The van der Waals surface area contributed by atoms with Crippen LogP contribution in [0.5, 0.6) is 0 Å². The molecule has 0 aromatic carbocycles. The minimum absolute atomic E-state index is 0. The van der Waals surface area contributed by atoms with Gasteiger partial charge in [0.1, 0.15) is 31.1 Å². The number of rotatable bonds is 0. The first-order valence-electron chi connectivity index (χ1n) is 7.40. The summed E-state index contributed by atoms with van der Waals surface area (Å²) < 4.78 is 2.98. The Hall–Kier alpha value is -0.445. The van der Waals surface area contributed by atoms with Crippen molar-refractivity contribution in [2.75, 3.05) is 17.2 Å². The molecule has 3 heterocycles. The topological polar surface area (TPSA) is 168 Å². The van der Waals surface area contributed by atoms with Crippen LogP contribution in [0.25, 0.3) is 0 Å². The molecule has 37 heavy (non-hydrogen) atoms. The Morgan fingerprint density at radius 2 is 1.16 bits per heavy atom. The SMILES string of the molecule is C.C.C.C.ClC(Cl)Cl.Nc1cnc(Br)c(Cl)n1.Nc1cncc(Cl)n1.Nc1nc(Cl)cnc1Br.[B]=NS. The van der Waals surface area contributed by atoms with Crippen molar-refractivity contribution in [2.45, 2.75) is 34.0 Å². The number of hydrogen-bond acceptors (Lipinski definition) is 11. The van der Waals surface area contributed by atoms with E-state index in [1.54, 1.807) is 0 Å². The summed E-state index contributed by atoms with van der Waals surface area (Å²) in [7, 11) is 4.34. The Bertz CT molecular complexity index is 916. The van der Waals surface area contributed by atoms with Gasteiger partial charge in [0.15, 0.2) is 15.3 Å². The quantitative estimate of drug-likeness (QED) is 0.0994. The van der Waals surface area contributed by atoms with Gasteiger partial charge in [0, 0.05) is 0 Å². The van der Waals surface area contributed by atoms with Crippen LogP contribution < -0.4 is 17.2 Å². The molecule has 0 saturated heterocycles. The van der Waals surface area contributed by atoms with Crippen molar-refractivity contribution in [3.8, 4) is 0 Å². The summed E-state index contributed by atoms with van der Waals surface area (Å²) in [5.74, 6) is 0.975. The third-order valence-electron chi connectivity index (χ3n) is 2.05. The van der Waals surface area contributed by atoms with Crippen molar-refractivity contribution in [3.05, 3.63) is 49.5 Å². The van der Waals surface area contributed by atoms with Gasteiger partial charge in [0.25, 0.3) is 0 Å². The summed E-state index contributed by atoms with van der Waals surface area (Å²) in [4.78, 5) is 22.3. The zero-order valence-electron chi connectivity index (χ0n) is 15.8. The molecule has 0 amide bonds. The van der Waals surface area contributed by atoms with Gasteiger partial charge >= 0.3 is 24.8 Å². The van der Waals surface area contributed by atoms with Gasteiger partial charge in [-0.05, 0) is 31.9 Å².